The molecular formula is C3H7N3O2. The Labute approximate surface area is 46.2 Å². The van der Waals surface area contributed by atoms with Gasteiger partial charge in [-0.1, -0.05) is 4.86 Å². The van der Waals surface area contributed by atoms with Crippen molar-refractivity contribution in [2.24, 2.45) is 5.28 Å². The molecule has 0 saturated carbocycles. The van der Waals surface area contributed by atoms with Gasteiger partial charge in [-0.2, -0.15) is 0 Å². The van der Waals surface area contributed by atoms with Crippen molar-refractivity contribution in [1.29, 1.82) is 0 Å². The summed E-state index contributed by atoms with van der Waals surface area (Å²) in [5, 5.41) is 23.2. The standard InChI is InChI=1S/C3H7N3O2/c7-5-6(8)2-3-1-4-3/h3-4,7H,1-2H2. The van der Waals surface area contributed by atoms with E-state index in [0.29, 0.717) is 0 Å². The van der Waals surface area contributed by atoms with E-state index in [1.807, 2.05) is 0 Å². The maximum absolute atomic E-state index is 10.1. The van der Waals surface area contributed by atoms with E-state index in [1.54, 1.807) is 0 Å². The fourth-order valence-electron chi connectivity index (χ4n) is 0.437. The van der Waals surface area contributed by atoms with Crippen molar-refractivity contribution in [2.75, 3.05) is 13.1 Å². The van der Waals surface area contributed by atoms with E-state index in [0.717, 1.165) is 6.54 Å². The second-order valence-corrected chi connectivity index (χ2v) is 1.73. The SMILES string of the molecule is [O-][N+](CC1CN1)=NO. The Kier molecular flexibility index (Phi) is 1.29. The van der Waals surface area contributed by atoms with Gasteiger partial charge in [0.05, 0.1) is 6.04 Å². The van der Waals surface area contributed by atoms with Crippen molar-refractivity contribution in [3.8, 4) is 0 Å². The van der Waals surface area contributed by atoms with Gasteiger partial charge in [-0.25, -0.2) is 0 Å². The minimum Gasteiger partial charge on any atom is -0.597 e. The van der Waals surface area contributed by atoms with Crippen molar-refractivity contribution in [3.63, 3.8) is 0 Å². The molecule has 0 bridgehead atoms. The molecule has 0 aromatic heterocycles. The fourth-order valence-corrected chi connectivity index (χ4v) is 0.437. The number of hydrogen-bond donors (Lipinski definition) is 2. The van der Waals surface area contributed by atoms with Crippen molar-refractivity contribution in [2.45, 2.75) is 6.04 Å². The van der Waals surface area contributed by atoms with Crippen molar-refractivity contribution in [3.05, 3.63) is 5.21 Å². The second kappa shape index (κ2) is 1.95. The molecule has 1 unspecified atom stereocenters. The smallest absolute Gasteiger partial charge is 0.200 e. The third kappa shape index (κ3) is 1.34. The first-order valence-electron chi connectivity index (χ1n) is 2.36. The molecule has 1 aliphatic rings. The minimum atomic E-state index is 0.239. The van der Waals surface area contributed by atoms with Gasteiger partial charge in [0.1, 0.15) is 0 Å². The molecule has 46 valence electrons. The highest BCUT2D eigenvalue weighted by molar-refractivity contribution is 4.81. The molecule has 8 heavy (non-hydrogen) atoms. The van der Waals surface area contributed by atoms with Gasteiger partial charge in [-0.05, 0) is 0 Å². The van der Waals surface area contributed by atoms with Crippen LogP contribution in [-0.2, 0) is 0 Å². The van der Waals surface area contributed by atoms with Gasteiger partial charge in [0.15, 0.2) is 5.28 Å². The van der Waals surface area contributed by atoms with Gasteiger partial charge >= 0.3 is 0 Å². The van der Waals surface area contributed by atoms with Gasteiger partial charge < -0.3 is 15.7 Å². The van der Waals surface area contributed by atoms with E-state index in [2.05, 4.69) is 10.6 Å². The first-order chi connectivity index (χ1) is 3.83. The van der Waals surface area contributed by atoms with Crippen molar-refractivity contribution in [1.82, 2.24) is 5.32 Å². The van der Waals surface area contributed by atoms with Crippen LogP contribution in [0.15, 0.2) is 5.28 Å². The van der Waals surface area contributed by atoms with E-state index in [9.17, 15) is 5.21 Å². The van der Waals surface area contributed by atoms with Crippen LogP contribution in [0.2, 0.25) is 0 Å². The summed E-state index contributed by atoms with van der Waals surface area (Å²) in [7, 11) is 0. The van der Waals surface area contributed by atoms with Crippen LogP contribution in [0.3, 0.4) is 0 Å². The Morgan fingerprint density at radius 2 is 2.62 bits per heavy atom. The molecule has 1 heterocycles. The summed E-state index contributed by atoms with van der Waals surface area (Å²) in [5.41, 5.74) is 0. The number of nitrogens with one attached hydrogen (secondary N) is 1. The summed E-state index contributed by atoms with van der Waals surface area (Å²) in [6, 6.07) is 0.239. The zero-order chi connectivity index (χ0) is 5.98. The van der Waals surface area contributed by atoms with Crippen LogP contribution in [-0.4, -0.2) is 29.2 Å². The quantitative estimate of drug-likeness (QED) is 0.217. The van der Waals surface area contributed by atoms with Crippen LogP contribution < -0.4 is 5.32 Å². The van der Waals surface area contributed by atoms with Crippen molar-refractivity contribution < 1.29 is 10.1 Å². The molecule has 0 amide bonds. The summed E-state index contributed by atoms with van der Waals surface area (Å²) >= 11 is 0. The lowest BCUT2D eigenvalue weighted by Gasteiger charge is -1.91. The molecule has 0 aliphatic carbocycles. The van der Waals surface area contributed by atoms with Gasteiger partial charge in [-0.15, -0.1) is 0 Å². The van der Waals surface area contributed by atoms with E-state index >= 15 is 0 Å². The first kappa shape index (κ1) is 5.30. The minimum absolute atomic E-state index is 0.239. The molecule has 0 aromatic rings. The summed E-state index contributed by atoms with van der Waals surface area (Å²) in [6.07, 6.45) is 0. The van der Waals surface area contributed by atoms with Gasteiger partial charge in [0, 0.05) is 6.54 Å². The number of nitrogens with zero attached hydrogens (tertiary/aromatic N) is 2. The monoisotopic (exact) mass is 117 g/mol. The van der Waals surface area contributed by atoms with Crippen LogP contribution in [0.25, 0.3) is 0 Å². The lowest BCUT2D eigenvalue weighted by Crippen LogP contribution is -2.10. The molecule has 1 aliphatic heterocycles. The molecule has 0 aromatic carbocycles. The van der Waals surface area contributed by atoms with Gasteiger partial charge in [-0.3, -0.25) is 0 Å². The van der Waals surface area contributed by atoms with Crippen LogP contribution >= 0.6 is 0 Å². The Morgan fingerprint density at radius 1 is 2.00 bits per heavy atom. The molecule has 0 spiro atoms. The summed E-state index contributed by atoms with van der Waals surface area (Å²) < 4.78 is 0. The van der Waals surface area contributed by atoms with E-state index in [-0.39, 0.29) is 17.4 Å². The highest BCUT2D eigenvalue weighted by atomic mass is 16.6. The topological polar surface area (TPSA) is 80.6 Å². The maximum Gasteiger partial charge on any atom is 0.200 e. The molecule has 1 saturated heterocycles. The first-order valence-corrected chi connectivity index (χ1v) is 2.36. The number of rotatable bonds is 2. The molecule has 1 rings (SSSR count). The summed E-state index contributed by atoms with van der Waals surface area (Å²) in [5.74, 6) is 0. The Bertz CT molecular complexity index is 109. The Morgan fingerprint density at radius 3 is 3.00 bits per heavy atom. The van der Waals surface area contributed by atoms with Gasteiger partial charge in [0.25, 0.3) is 0 Å². The average Bonchev–Trinajstić information content (AvgIpc) is 2.50. The predicted octanol–water partition coefficient (Wildman–Crippen LogP) is -0.690. The van der Waals surface area contributed by atoms with Crippen LogP contribution in [0.5, 0.6) is 0 Å². The molecular weight excluding hydrogens is 110 g/mol. The number of hydrogen-bond acceptors (Lipinski definition) is 3. The molecule has 5 heteroatoms. The van der Waals surface area contributed by atoms with Gasteiger partial charge in [0.2, 0.25) is 6.54 Å². The fraction of sp³-hybridized carbons (Fsp3) is 1.00. The number of hydroxylamine groups is 1. The van der Waals surface area contributed by atoms with E-state index in [4.69, 9.17) is 5.21 Å². The highest BCUT2D eigenvalue weighted by Crippen LogP contribution is 1.95. The molecule has 5 nitrogen and oxygen atoms in total. The largest absolute Gasteiger partial charge is 0.597 e. The summed E-state index contributed by atoms with van der Waals surface area (Å²) in [6.45, 7) is 1.10. The normalized spacial score (nSPS) is 28.0. The third-order valence-corrected chi connectivity index (χ3v) is 0.969. The summed E-state index contributed by atoms with van der Waals surface area (Å²) in [4.78, 5) is 0.255. The zero-order valence-electron chi connectivity index (χ0n) is 4.24. The van der Waals surface area contributed by atoms with Crippen LogP contribution in [0.4, 0.5) is 0 Å². The van der Waals surface area contributed by atoms with Crippen LogP contribution in [0.1, 0.15) is 0 Å². The lowest BCUT2D eigenvalue weighted by molar-refractivity contribution is -0.554. The predicted molar refractivity (Wildman–Crippen MR) is 24.5 cm³/mol. The second-order valence-electron chi connectivity index (χ2n) is 1.73. The molecule has 1 fully saturated rings. The average molecular weight is 117 g/mol. The highest BCUT2D eigenvalue weighted by Gasteiger charge is 2.24. The molecule has 1 atom stereocenters. The third-order valence-electron chi connectivity index (χ3n) is 0.969. The molecule has 0 radical (unpaired) electrons. The van der Waals surface area contributed by atoms with E-state index in [1.165, 1.54) is 0 Å². The Hall–Kier alpha value is -0.840. The lowest BCUT2D eigenvalue weighted by atomic mass is 10.5. The zero-order valence-corrected chi connectivity index (χ0v) is 4.24. The van der Waals surface area contributed by atoms with Crippen LogP contribution in [0, 0.1) is 5.21 Å². The van der Waals surface area contributed by atoms with E-state index < -0.39 is 0 Å². The Balaban J connectivity index is 2.16. The maximum atomic E-state index is 10.1. The van der Waals surface area contributed by atoms with Crippen molar-refractivity contribution >= 4 is 0 Å². The molecule has 2 N–H and O–H groups in total.